The number of hydrogen-bond donors (Lipinski definition) is 4. The number of aliphatic carboxylic acids is 1. The van der Waals surface area contributed by atoms with Gasteiger partial charge in [-0.05, 0) is 58.2 Å². The zero-order chi connectivity index (χ0) is 26.4. The number of carbonyl (C=O) groups excluding carboxylic acids is 2. The number of carboxylic acid groups (broad SMARTS) is 2. The standard InChI is InChI=1S/C23H24FIN4O6S/c1-23(2)8-12-16(20(31)29-6-5-28(22(34)35)9-15(29)21(32)33)19(36-17(12)18(30)26-10-23)27-14-4-3-11(25)7-13(14)24/h3-4,7,15,27H,5-6,8-10H2,1-2H3,(H,26,30)(H,32,33)(H,34,35)/t15-/m1/s1. The first-order chi connectivity index (χ1) is 16.9. The van der Waals surface area contributed by atoms with E-state index in [2.05, 4.69) is 10.6 Å². The molecular formula is C23H24FIN4O6S. The summed E-state index contributed by atoms with van der Waals surface area (Å²) in [5.74, 6) is -2.90. The van der Waals surface area contributed by atoms with E-state index >= 15 is 0 Å². The van der Waals surface area contributed by atoms with Crippen LogP contribution in [0.3, 0.4) is 0 Å². The Bertz CT molecular complexity index is 1270. The Morgan fingerprint density at radius 1 is 1.25 bits per heavy atom. The van der Waals surface area contributed by atoms with Crippen molar-refractivity contribution in [2.24, 2.45) is 5.41 Å². The van der Waals surface area contributed by atoms with Crippen LogP contribution in [0.4, 0.5) is 19.9 Å². The van der Waals surface area contributed by atoms with Crippen LogP contribution in [0, 0.1) is 14.8 Å². The lowest BCUT2D eigenvalue weighted by Crippen LogP contribution is -2.59. The predicted octanol–water partition coefficient (Wildman–Crippen LogP) is 3.44. The molecule has 192 valence electrons. The number of nitrogens with one attached hydrogen (secondary N) is 2. The fraction of sp³-hybridized carbons (Fsp3) is 0.391. The molecule has 0 aliphatic carbocycles. The van der Waals surface area contributed by atoms with E-state index in [1.165, 1.54) is 12.1 Å². The van der Waals surface area contributed by atoms with Crippen LogP contribution in [0.25, 0.3) is 0 Å². The minimum Gasteiger partial charge on any atom is -0.480 e. The molecule has 0 saturated carbocycles. The van der Waals surface area contributed by atoms with Gasteiger partial charge >= 0.3 is 12.1 Å². The second-order valence-electron chi connectivity index (χ2n) is 9.47. The van der Waals surface area contributed by atoms with Gasteiger partial charge in [0, 0.05) is 23.2 Å². The fourth-order valence-corrected chi connectivity index (χ4v) is 5.93. The van der Waals surface area contributed by atoms with Crippen molar-refractivity contribution >= 4 is 68.5 Å². The molecule has 36 heavy (non-hydrogen) atoms. The van der Waals surface area contributed by atoms with Gasteiger partial charge in [-0.15, -0.1) is 11.3 Å². The Morgan fingerprint density at radius 2 is 1.97 bits per heavy atom. The molecule has 10 nitrogen and oxygen atoms in total. The molecule has 1 atom stereocenters. The molecule has 0 spiro atoms. The van der Waals surface area contributed by atoms with Crippen LogP contribution in [0.15, 0.2) is 18.2 Å². The highest BCUT2D eigenvalue weighted by Gasteiger charge is 2.41. The predicted molar refractivity (Wildman–Crippen MR) is 139 cm³/mol. The third kappa shape index (κ3) is 5.12. The van der Waals surface area contributed by atoms with Gasteiger partial charge in [0.2, 0.25) is 0 Å². The maximum absolute atomic E-state index is 14.7. The van der Waals surface area contributed by atoms with E-state index in [0.717, 1.165) is 21.1 Å². The minimum absolute atomic E-state index is 0.0579. The number of carboxylic acids is 1. The summed E-state index contributed by atoms with van der Waals surface area (Å²) in [4.78, 5) is 52.7. The van der Waals surface area contributed by atoms with E-state index in [4.69, 9.17) is 0 Å². The second kappa shape index (κ2) is 9.84. The smallest absolute Gasteiger partial charge is 0.407 e. The molecule has 0 bridgehead atoms. The summed E-state index contributed by atoms with van der Waals surface area (Å²) in [5.41, 5.74) is 0.263. The molecular weight excluding hydrogens is 606 g/mol. The lowest BCUT2D eigenvalue weighted by Gasteiger charge is -2.38. The van der Waals surface area contributed by atoms with Crippen molar-refractivity contribution in [3.63, 3.8) is 0 Å². The van der Waals surface area contributed by atoms with Gasteiger partial charge in [0.05, 0.1) is 22.7 Å². The first kappa shape index (κ1) is 26.1. The number of halogens is 2. The Balaban J connectivity index is 1.82. The summed E-state index contributed by atoms with van der Waals surface area (Å²) < 4.78 is 15.4. The highest BCUT2D eigenvalue weighted by molar-refractivity contribution is 14.1. The van der Waals surface area contributed by atoms with Crippen LogP contribution in [-0.4, -0.2) is 76.1 Å². The molecule has 0 unspecified atom stereocenters. The molecule has 4 rings (SSSR count). The first-order valence-corrected chi connectivity index (χ1v) is 12.9. The van der Waals surface area contributed by atoms with Crippen LogP contribution in [0.5, 0.6) is 0 Å². The van der Waals surface area contributed by atoms with E-state index in [1.54, 1.807) is 6.07 Å². The molecule has 3 heterocycles. The largest absolute Gasteiger partial charge is 0.480 e. The average molecular weight is 630 g/mol. The molecule has 4 N–H and O–H groups in total. The number of thiophene rings is 1. The summed E-state index contributed by atoms with van der Waals surface area (Å²) in [6.07, 6.45) is -0.921. The Kier molecular flexibility index (Phi) is 7.14. The van der Waals surface area contributed by atoms with Crippen molar-refractivity contribution in [3.8, 4) is 0 Å². The molecule has 1 aromatic carbocycles. The lowest BCUT2D eigenvalue weighted by molar-refractivity contribution is -0.144. The van der Waals surface area contributed by atoms with Crippen LogP contribution in [0.1, 0.15) is 39.4 Å². The minimum atomic E-state index is -1.41. The van der Waals surface area contributed by atoms with Crippen molar-refractivity contribution in [1.82, 2.24) is 15.1 Å². The molecule has 13 heteroatoms. The number of amides is 3. The van der Waals surface area contributed by atoms with E-state index in [-0.39, 0.29) is 41.8 Å². The summed E-state index contributed by atoms with van der Waals surface area (Å²) in [5, 5.41) is 25.1. The number of nitrogens with zero attached hydrogens (tertiary/aromatic N) is 2. The number of anilines is 2. The van der Waals surface area contributed by atoms with Crippen LogP contribution >= 0.6 is 33.9 Å². The van der Waals surface area contributed by atoms with Crippen LogP contribution < -0.4 is 10.6 Å². The number of fused-ring (bicyclic) bond motifs is 1. The number of rotatable bonds is 4. The van der Waals surface area contributed by atoms with Gasteiger partial charge in [0.1, 0.15) is 16.9 Å². The first-order valence-electron chi connectivity index (χ1n) is 11.1. The Labute approximate surface area is 223 Å². The van der Waals surface area contributed by atoms with Crippen molar-refractivity contribution in [3.05, 3.63) is 43.6 Å². The Hall–Kier alpha value is -2.94. The monoisotopic (exact) mass is 630 g/mol. The molecule has 1 fully saturated rings. The van der Waals surface area contributed by atoms with Gasteiger partial charge < -0.3 is 30.6 Å². The highest BCUT2D eigenvalue weighted by atomic mass is 127. The average Bonchev–Trinajstić information content (AvgIpc) is 3.10. The maximum Gasteiger partial charge on any atom is 0.407 e. The third-order valence-electron chi connectivity index (χ3n) is 6.19. The fourth-order valence-electron chi connectivity index (χ4n) is 4.34. The number of benzene rings is 1. The van der Waals surface area contributed by atoms with Crippen LogP contribution in [0.2, 0.25) is 0 Å². The zero-order valence-corrected chi connectivity index (χ0v) is 22.4. The summed E-state index contributed by atoms with van der Waals surface area (Å²) in [6.45, 7) is 3.67. The third-order valence-corrected chi connectivity index (χ3v) is 8.00. The van der Waals surface area contributed by atoms with Gasteiger partial charge in [0.25, 0.3) is 11.8 Å². The highest BCUT2D eigenvalue weighted by Crippen LogP contribution is 2.41. The van der Waals surface area contributed by atoms with Crippen molar-refractivity contribution in [2.75, 3.05) is 31.5 Å². The molecule has 1 saturated heterocycles. The van der Waals surface area contributed by atoms with Crippen LogP contribution in [-0.2, 0) is 11.2 Å². The molecule has 2 aromatic rings. The number of piperazine rings is 1. The van der Waals surface area contributed by atoms with Gasteiger partial charge in [-0.1, -0.05) is 13.8 Å². The summed E-state index contributed by atoms with van der Waals surface area (Å²) in [6, 6.07) is 3.12. The van der Waals surface area contributed by atoms with E-state index in [1.807, 2.05) is 36.4 Å². The van der Waals surface area contributed by atoms with Gasteiger partial charge in [0.15, 0.2) is 0 Å². The molecule has 0 radical (unpaired) electrons. The van der Waals surface area contributed by atoms with Gasteiger partial charge in [-0.25, -0.2) is 14.0 Å². The Morgan fingerprint density at radius 3 is 2.61 bits per heavy atom. The second-order valence-corrected chi connectivity index (χ2v) is 11.7. The van der Waals surface area contributed by atoms with E-state index in [0.29, 0.717) is 27.0 Å². The van der Waals surface area contributed by atoms with Crippen molar-refractivity contribution < 1.29 is 33.8 Å². The summed E-state index contributed by atoms with van der Waals surface area (Å²) >= 11 is 2.98. The molecule has 3 amide bonds. The number of carbonyl (C=O) groups is 4. The van der Waals surface area contributed by atoms with E-state index in [9.17, 15) is 33.8 Å². The zero-order valence-electron chi connectivity index (χ0n) is 19.4. The van der Waals surface area contributed by atoms with Crippen molar-refractivity contribution in [2.45, 2.75) is 26.3 Å². The maximum atomic E-state index is 14.7. The van der Waals surface area contributed by atoms with Crippen molar-refractivity contribution in [1.29, 1.82) is 0 Å². The normalized spacial score (nSPS) is 19.2. The number of hydrogen-bond acceptors (Lipinski definition) is 6. The topological polar surface area (TPSA) is 139 Å². The SMILES string of the molecule is CC1(C)CNC(=O)c2sc(Nc3ccc(I)cc3F)c(C(=O)N3CCN(C(=O)O)C[C@@H]3C(=O)O)c2C1. The van der Waals surface area contributed by atoms with Gasteiger partial charge in [-0.3, -0.25) is 9.59 Å². The molecule has 1 aromatic heterocycles. The molecule has 2 aliphatic rings. The lowest BCUT2D eigenvalue weighted by atomic mass is 9.85. The molecule has 2 aliphatic heterocycles. The summed E-state index contributed by atoms with van der Waals surface area (Å²) in [7, 11) is 0. The quantitative estimate of drug-likeness (QED) is 0.380. The van der Waals surface area contributed by atoms with E-state index < -0.39 is 35.2 Å². The van der Waals surface area contributed by atoms with Gasteiger partial charge in [-0.2, -0.15) is 0 Å².